The third-order valence-electron chi connectivity index (χ3n) is 2.52. The fourth-order valence-electron chi connectivity index (χ4n) is 1.73. The number of aliphatic imine (C=N–C) groups is 1. The third-order valence-corrected chi connectivity index (χ3v) is 2.78. The fourth-order valence-corrected chi connectivity index (χ4v) is 1.92. The van der Waals surface area contributed by atoms with Crippen LogP contribution in [0.5, 0.6) is 0 Å². The van der Waals surface area contributed by atoms with Crippen molar-refractivity contribution in [2.24, 2.45) is 4.99 Å². The Morgan fingerprint density at radius 1 is 1.41 bits per heavy atom. The number of hydrogen-bond acceptors (Lipinski definition) is 3. The van der Waals surface area contributed by atoms with Crippen molar-refractivity contribution < 1.29 is 0 Å². The first kappa shape index (κ1) is 11.9. The van der Waals surface area contributed by atoms with Crippen molar-refractivity contribution in [2.75, 3.05) is 0 Å². The maximum absolute atomic E-state index is 5.02. The molecule has 0 N–H and O–H groups in total. The quantitative estimate of drug-likeness (QED) is 0.600. The van der Waals surface area contributed by atoms with Gasteiger partial charge in [0.2, 0.25) is 0 Å². The highest BCUT2D eigenvalue weighted by molar-refractivity contribution is 7.79. The highest BCUT2D eigenvalue weighted by Gasteiger charge is 2.05. The van der Waals surface area contributed by atoms with Gasteiger partial charge in [-0.05, 0) is 25.0 Å². The van der Waals surface area contributed by atoms with Crippen molar-refractivity contribution in [1.82, 2.24) is 4.98 Å². The first-order chi connectivity index (χ1) is 8.26. The molecule has 2 nitrogen and oxygen atoms in total. The summed E-state index contributed by atoms with van der Waals surface area (Å²) in [7, 11) is 0. The van der Waals surface area contributed by atoms with Gasteiger partial charge in [-0.25, -0.2) is 0 Å². The van der Waals surface area contributed by atoms with Crippen LogP contribution >= 0.6 is 12.2 Å². The van der Waals surface area contributed by atoms with Crippen LogP contribution in [0.1, 0.15) is 24.5 Å². The Morgan fingerprint density at radius 3 is 2.94 bits per heavy atom. The minimum atomic E-state index is 0.874. The van der Waals surface area contributed by atoms with Gasteiger partial charge in [0.15, 0.2) is 0 Å². The van der Waals surface area contributed by atoms with Crippen LogP contribution in [0.2, 0.25) is 0 Å². The molecular weight excluding hydrogens is 228 g/mol. The molecule has 0 amide bonds. The first-order valence-corrected chi connectivity index (χ1v) is 6.10. The van der Waals surface area contributed by atoms with Gasteiger partial charge in [-0.3, -0.25) is 9.98 Å². The highest BCUT2D eigenvalue weighted by atomic mass is 32.1. The summed E-state index contributed by atoms with van der Waals surface area (Å²) < 4.78 is 0. The van der Waals surface area contributed by atoms with E-state index < -0.39 is 0 Å². The molecule has 1 aromatic carbocycles. The van der Waals surface area contributed by atoms with Crippen LogP contribution in [-0.4, -0.2) is 16.6 Å². The van der Waals surface area contributed by atoms with Gasteiger partial charge < -0.3 is 0 Å². The maximum Gasteiger partial charge on any atom is 0.0968 e. The molecule has 1 aromatic heterocycles. The SMILES string of the molecule is CCC=Nc1c(C=S)ccc2cc(C)cnc12. The van der Waals surface area contributed by atoms with Crippen molar-refractivity contribution in [3.63, 3.8) is 0 Å². The highest BCUT2D eigenvalue weighted by Crippen LogP contribution is 2.28. The van der Waals surface area contributed by atoms with Crippen molar-refractivity contribution in [3.05, 3.63) is 35.5 Å². The number of rotatable bonds is 3. The third kappa shape index (κ3) is 2.39. The minimum absolute atomic E-state index is 0.874. The molecule has 86 valence electrons. The summed E-state index contributed by atoms with van der Waals surface area (Å²) in [5, 5.41) is 2.76. The molecule has 3 heteroatoms. The summed E-state index contributed by atoms with van der Waals surface area (Å²) in [5.41, 5.74) is 3.89. The van der Waals surface area contributed by atoms with Crippen LogP contribution < -0.4 is 0 Å². The molecule has 17 heavy (non-hydrogen) atoms. The van der Waals surface area contributed by atoms with E-state index >= 15 is 0 Å². The Bertz CT molecular complexity index is 588. The molecule has 0 bridgehead atoms. The monoisotopic (exact) mass is 242 g/mol. The Morgan fingerprint density at radius 2 is 2.24 bits per heavy atom. The largest absolute Gasteiger partial charge is 0.258 e. The average molecular weight is 242 g/mol. The Hall–Kier alpha value is -1.61. The van der Waals surface area contributed by atoms with Gasteiger partial charge in [-0.1, -0.05) is 31.3 Å². The number of aryl methyl sites for hydroxylation is 1. The number of nitrogens with zero attached hydrogens (tertiary/aromatic N) is 2. The van der Waals surface area contributed by atoms with Gasteiger partial charge in [0.25, 0.3) is 0 Å². The molecule has 0 aliphatic heterocycles. The predicted octanol–water partition coefficient (Wildman–Crippen LogP) is 4.00. The zero-order chi connectivity index (χ0) is 12.3. The molecule has 2 aromatic rings. The Labute approximate surface area is 106 Å². The van der Waals surface area contributed by atoms with Gasteiger partial charge in [-0.2, -0.15) is 0 Å². The normalized spacial score (nSPS) is 11.2. The van der Waals surface area contributed by atoms with Gasteiger partial charge in [0.05, 0.1) is 11.2 Å². The van der Waals surface area contributed by atoms with Gasteiger partial charge in [0.1, 0.15) is 0 Å². The summed E-state index contributed by atoms with van der Waals surface area (Å²) in [5.74, 6) is 0. The summed E-state index contributed by atoms with van der Waals surface area (Å²) in [6.07, 6.45) is 4.65. The molecule has 0 aliphatic rings. The molecule has 0 spiro atoms. The van der Waals surface area contributed by atoms with Crippen molar-refractivity contribution in [3.8, 4) is 0 Å². The van der Waals surface area contributed by atoms with Crippen LogP contribution in [0, 0.1) is 6.92 Å². The van der Waals surface area contributed by atoms with Crippen LogP contribution in [0.3, 0.4) is 0 Å². The lowest BCUT2D eigenvalue weighted by molar-refractivity contribution is 1.30. The number of aromatic nitrogens is 1. The van der Waals surface area contributed by atoms with Gasteiger partial charge >= 0.3 is 0 Å². The summed E-state index contributed by atoms with van der Waals surface area (Å²) in [4.78, 5) is 8.93. The molecule has 0 saturated heterocycles. The summed E-state index contributed by atoms with van der Waals surface area (Å²) >= 11 is 5.02. The van der Waals surface area contributed by atoms with Gasteiger partial charge in [0, 0.05) is 28.7 Å². The van der Waals surface area contributed by atoms with Crippen LogP contribution in [0.15, 0.2) is 29.4 Å². The molecule has 0 atom stereocenters. The molecule has 0 saturated carbocycles. The summed E-state index contributed by atoms with van der Waals surface area (Å²) in [6, 6.07) is 6.15. The Balaban J connectivity index is 2.73. The van der Waals surface area contributed by atoms with Crippen molar-refractivity contribution >= 4 is 40.4 Å². The van der Waals surface area contributed by atoms with E-state index in [1.807, 2.05) is 31.5 Å². The molecule has 0 radical (unpaired) electrons. The van der Waals surface area contributed by atoms with E-state index in [2.05, 4.69) is 23.0 Å². The lowest BCUT2D eigenvalue weighted by atomic mass is 10.1. The van der Waals surface area contributed by atoms with E-state index in [-0.39, 0.29) is 0 Å². The molecular formula is C14H14N2S. The van der Waals surface area contributed by atoms with Crippen LogP contribution in [0.25, 0.3) is 10.9 Å². The zero-order valence-electron chi connectivity index (χ0n) is 9.97. The standard InChI is InChI=1S/C14H14N2S/c1-3-6-15-14-12(9-17)5-4-11-7-10(2)8-16-13(11)14/h4-9H,3H2,1-2H3. The number of hydrogen-bond donors (Lipinski definition) is 0. The van der Waals surface area contributed by atoms with Crippen LogP contribution in [0.4, 0.5) is 5.69 Å². The topological polar surface area (TPSA) is 25.2 Å². The molecule has 0 aliphatic carbocycles. The van der Waals surface area contributed by atoms with Crippen molar-refractivity contribution in [2.45, 2.75) is 20.3 Å². The number of pyridine rings is 1. The predicted molar refractivity (Wildman–Crippen MR) is 77.7 cm³/mol. The fraction of sp³-hybridized carbons (Fsp3) is 0.214. The second-order valence-corrected chi connectivity index (χ2v) is 4.16. The second-order valence-electron chi connectivity index (χ2n) is 3.93. The lowest BCUT2D eigenvalue weighted by Gasteiger charge is -2.05. The van der Waals surface area contributed by atoms with E-state index in [4.69, 9.17) is 12.2 Å². The average Bonchev–Trinajstić information content (AvgIpc) is 2.35. The van der Waals surface area contributed by atoms with E-state index in [1.165, 1.54) is 0 Å². The van der Waals surface area contributed by atoms with E-state index in [0.29, 0.717) is 0 Å². The van der Waals surface area contributed by atoms with Gasteiger partial charge in [-0.15, -0.1) is 0 Å². The van der Waals surface area contributed by atoms with E-state index in [9.17, 15) is 0 Å². The smallest absolute Gasteiger partial charge is 0.0968 e. The number of fused-ring (bicyclic) bond motifs is 1. The second kappa shape index (κ2) is 5.15. The lowest BCUT2D eigenvalue weighted by Crippen LogP contribution is -1.87. The first-order valence-electron chi connectivity index (χ1n) is 5.63. The maximum atomic E-state index is 5.02. The van der Waals surface area contributed by atoms with Crippen LogP contribution in [-0.2, 0) is 0 Å². The zero-order valence-corrected chi connectivity index (χ0v) is 10.8. The molecule has 0 fully saturated rings. The van der Waals surface area contributed by atoms with E-state index in [0.717, 1.165) is 34.1 Å². The summed E-state index contributed by atoms with van der Waals surface area (Å²) in [6.45, 7) is 4.10. The minimum Gasteiger partial charge on any atom is -0.258 e. The van der Waals surface area contributed by atoms with Crippen molar-refractivity contribution in [1.29, 1.82) is 0 Å². The Kier molecular flexibility index (Phi) is 3.59. The van der Waals surface area contributed by atoms with E-state index in [1.54, 1.807) is 5.37 Å². The molecule has 2 rings (SSSR count). The molecule has 0 unspecified atom stereocenters. The number of benzene rings is 1. The molecule has 1 heterocycles. The number of thiocarbonyl (C=S) groups is 1.